The van der Waals surface area contributed by atoms with Crippen molar-refractivity contribution in [3.05, 3.63) is 47.0 Å². The van der Waals surface area contributed by atoms with Gasteiger partial charge in [0, 0.05) is 23.8 Å². The molecule has 22 heavy (non-hydrogen) atoms. The van der Waals surface area contributed by atoms with E-state index in [1.807, 2.05) is 0 Å². The molecule has 0 fully saturated rings. The minimum absolute atomic E-state index is 0.0324. The fourth-order valence-corrected chi connectivity index (χ4v) is 1.61. The molecule has 0 aliphatic heterocycles. The largest absolute Gasteiger partial charge is 0.463 e. The summed E-state index contributed by atoms with van der Waals surface area (Å²) in [6, 6.07) is 1.73. The van der Waals surface area contributed by atoms with Crippen LogP contribution in [-0.4, -0.2) is 25.2 Å². The number of esters is 2. The average Bonchev–Trinajstić information content (AvgIpc) is 2.44. The van der Waals surface area contributed by atoms with E-state index in [-0.39, 0.29) is 24.3 Å². The number of rotatable bonds is 6. The highest BCUT2D eigenvalue weighted by atomic mass is 19.1. The lowest BCUT2D eigenvalue weighted by molar-refractivity contribution is -0.138. The van der Waals surface area contributed by atoms with E-state index < -0.39 is 23.6 Å². The number of hydrogen-bond donors (Lipinski definition) is 0. The summed E-state index contributed by atoms with van der Waals surface area (Å²) in [4.78, 5) is 22.5. The molecule has 0 atom stereocenters. The van der Waals surface area contributed by atoms with Crippen LogP contribution in [0, 0.1) is 11.6 Å². The minimum atomic E-state index is -0.857. The highest BCUT2D eigenvalue weighted by molar-refractivity contribution is 5.90. The molecule has 0 radical (unpaired) electrons. The van der Waals surface area contributed by atoms with Crippen LogP contribution in [0.5, 0.6) is 0 Å². The molecule has 1 rings (SSSR count). The normalized spacial score (nSPS) is 11.1. The van der Waals surface area contributed by atoms with Gasteiger partial charge in [-0.3, -0.25) is 0 Å². The van der Waals surface area contributed by atoms with Crippen molar-refractivity contribution in [3.8, 4) is 0 Å². The lowest BCUT2D eigenvalue weighted by atomic mass is 10.1. The Morgan fingerprint density at radius 3 is 2.09 bits per heavy atom. The number of hydrogen-bond acceptors (Lipinski definition) is 4. The van der Waals surface area contributed by atoms with Gasteiger partial charge in [-0.05, 0) is 37.6 Å². The van der Waals surface area contributed by atoms with Gasteiger partial charge in [-0.1, -0.05) is 0 Å². The molecular formula is C16H16F2O4. The van der Waals surface area contributed by atoms with E-state index in [1.54, 1.807) is 13.8 Å². The van der Waals surface area contributed by atoms with Crippen LogP contribution in [0.2, 0.25) is 0 Å². The average molecular weight is 310 g/mol. The van der Waals surface area contributed by atoms with Crippen molar-refractivity contribution in [3.63, 3.8) is 0 Å². The standard InChI is InChI=1S/C16H16F2O4/c1-3-21-15(19)7-5-11-9-12(17)10-14(18)13(11)6-8-16(20)22-4-2/h5-10H,3-4H2,1-2H3. The summed E-state index contributed by atoms with van der Waals surface area (Å²) >= 11 is 0. The number of ether oxygens (including phenoxy) is 2. The molecule has 4 nitrogen and oxygen atoms in total. The lowest BCUT2D eigenvalue weighted by Crippen LogP contribution is -2.00. The van der Waals surface area contributed by atoms with Crippen LogP contribution >= 0.6 is 0 Å². The van der Waals surface area contributed by atoms with Crippen LogP contribution in [0.4, 0.5) is 8.78 Å². The lowest BCUT2D eigenvalue weighted by Gasteiger charge is -2.04. The number of benzene rings is 1. The van der Waals surface area contributed by atoms with Crippen LogP contribution < -0.4 is 0 Å². The predicted octanol–water partition coefficient (Wildman–Crippen LogP) is 3.12. The number of halogens is 2. The van der Waals surface area contributed by atoms with Crippen molar-refractivity contribution >= 4 is 24.1 Å². The third-order valence-electron chi connectivity index (χ3n) is 2.48. The van der Waals surface area contributed by atoms with Crippen molar-refractivity contribution in [1.29, 1.82) is 0 Å². The van der Waals surface area contributed by atoms with E-state index in [0.717, 1.165) is 24.3 Å². The number of carbonyl (C=O) groups excluding carboxylic acids is 2. The Balaban J connectivity index is 3.10. The first kappa shape index (κ1) is 17.6. The maximum atomic E-state index is 13.8. The molecule has 0 spiro atoms. The van der Waals surface area contributed by atoms with E-state index in [1.165, 1.54) is 6.08 Å². The van der Waals surface area contributed by atoms with E-state index >= 15 is 0 Å². The third kappa shape index (κ3) is 5.47. The molecule has 0 saturated carbocycles. The van der Waals surface area contributed by atoms with Crippen molar-refractivity contribution in [2.24, 2.45) is 0 Å². The van der Waals surface area contributed by atoms with Crippen molar-refractivity contribution in [1.82, 2.24) is 0 Å². The first-order valence-corrected chi connectivity index (χ1v) is 6.66. The van der Waals surface area contributed by atoms with Gasteiger partial charge < -0.3 is 9.47 Å². The van der Waals surface area contributed by atoms with E-state index in [2.05, 4.69) is 9.47 Å². The molecule has 1 aromatic carbocycles. The van der Waals surface area contributed by atoms with Crippen LogP contribution in [-0.2, 0) is 19.1 Å². The van der Waals surface area contributed by atoms with E-state index in [4.69, 9.17) is 0 Å². The Hall–Kier alpha value is -2.50. The molecular weight excluding hydrogens is 294 g/mol. The molecule has 0 heterocycles. The smallest absolute Gasteiger partial charge is 0.330 e. The second kappa shape index (κ2) is 8.71. The first-order valence-electron chi connectivity index (χ1n) is 6.66. The van der Waals surface area contributed by atoms with Gasteiger partial charge in [-0.25, -0.2) is 18.4 Å². The van der Waals surface area contributed by atoms with Crippen molar-refractivity contribution < 1.29 is 27.8 Å². The molecule has 0 aromatic heterocycles. The summed E-state index contributed by atoms with van der Waals surface area (Å²) in [5, 5.41) is 0. The highest BCUT2D eigenvalue weighted by Gasteiger charge is 2.08. The molecule has 0 N–H and O–H groups in total. The van der Waals surface area contributed by atoms with Gasteiger partial charge in [0.05, 0.1) is 13.2 Å². The molecule has 6 heteroatoms. The zero-order valence-electron chi connectivity index (χ0n) is 12.3. The monoisotopic (exact) mass is 310 g/mol. The molecule has 0 saturated heterocycles. The topological polar surface area (TPSA) is 52.6 Å². The molecule has 1 aromatic rings. The SMILES string of the molecule is CCOC(=O)C=Cc1cc(F)cc(F)c1C=CC(=O)OCC. The van der Waals surface area contributed by atoms with E-state index in [9.17, 15) is 18.4 Å². The maximum absolute atomic E-state index is 13.8. The molecule has 0 bridgehead atoms. The number of carbonyl (C=O) groups is 2. The van der Waals surface area contributed by atoms with Gasteiger partial charge in [-0.2, -0.15) is 0 Å². The quantitative estimate of drug-likeness (QED) is 0.598. The summed E-state index contributed by atoms with van der Waals surface area (Å²) in [5.74, 6) is -2.93. The van der Waals surface area contributed by atoms with Gasteiger partial charge >= 0.3 is 11.9 Å². The molecule has 118 valence electrons. The Kier molecular flexibility index (Phi) is 6.95. The zero-order valence-corrected chi connectivity index (χ0v) is 12.3. The van der Waals surface area contributed by atoms with Crippen LogP contribution in [0.3, 0.4) is 0 Å². The second-order valence-corrected chi connectivity index (χ2v) is 4.06. The summed E-state index contributed by atoms with van der Waals surface area (Å²) < 4.78 is 36.5. The van der Waals surface area contributed by atoms with Gasteiger partial charge in [0.2, 0.25) is 0 Å². The maximum Gasteiger partial charge on any atom is 0.330 e. The summed E-state index contributed by atoms with van der Waals surface area (Å²) in [6.07, 6.45) is 4.47. The zero-order chi connectivity index (χ0) is 16.5. The summed E-state index contributed by atoms with van der Waals surface area (Å²) in [6.45, 7) is 3.65. The highest BCUT2D eigenvalue weighted by Crippen LogP contribution is 2.19. The third-order valence-corrected chi connectivity index (χ3v) is 2.48. The second-order valence-electron chi connectivity index (χ2n) is 4.06. The molecule has 0 amide bonds. The summed E-state index contributed by atoms with van der Waals surface area (Å²) in [7, 11) is 0. The first-order chi connectivity index (χ1) is 10.5. The van der Waals surface area contributed by atoms with Crippen molar-refractivity contribution in [2.45, 2.75) is 13.8 Å². The van der Waals surface area contributed by atoms with Crippen molar-refractivity contribution in [2.75, 3.05) is 13.2 Å². The minimum Gasteiger partial charge on any atom is -0.463 e. The molecule has 0 aliphatic carbocycles. The fraction of sp³-hybridized carbons (Fsp3) is 0.250. The Morgan fingerprint density at radius 1 is 1.00 bits per heavy atom. The van der Waals surface area contributed by atoms with E-state index in [0.29, 0.717) is 6.07 Å². The Labute approximate surface area is 127 Å². The Bertz CT molecular complexity index is 606. The molecule has 0 unspecified atom stereocenters. The summed E-state index contributed by atoms with van der Waals surface area (Å²) in [5.41, 5.74) is 0.0705. The van der Waals surface area contributed by atoms with Crippen LogP contribution in [0.1, 0.15) is 25.0 Å². The van der Waals surface area contributed by atoms with Gasteiger partial charge in [0.15, 0.2) is 0 Å². The van der Waals surface area contributed by atoms with Crippen LogP contribution in [0.15, 0.2) is 24.3 Å². The van der Waals surface area contributed by atoms with Crippen LogP contribution in [0.25, 0.3) is 12.2 Å². The predicted molar refractivity (Wildman–Crippen MR) is 77.7 cm³/mol. The Morgan fingerprint density at radius 2 is 1.55 bits per heavy atom. The van der Waals surface area contributed by atoms with Gasteiger partial charge in [0.1, 0.15) is 11.6 Å². The van der Waals surface area contributed by atoms with Gasteiger partial charge in [-0.15, -0.1) is 0 Å². The fourth-order valence-electron chi connectivity index (χ4n) is 1.61. The molecule has 0 aliphatic rings. The van der Waals surface area contributed by atoms with Gasteiger partial charge in [0.25, 0.3) is 0 Å².